The minimum absolute atomic E-state index is 0.00971. The maximum Gasteiger partial charge on any atom is 0.305 e. The number of hydrogen-bond donors (Lipinski definition) is 2. The number of amides is 2. The van der Waals surface area contributed by atoms with Crippen LogP contribution in [0.3, 0.4) is 0 Å². The Morgan fingerprint density at radius 3 is 2.81 bits per heavy atom. The predicted molar refractivity (Wildman–Crippen MR) is 58.9 cm³/mol. The van der Waals surface area contributed by atoms with Gasteiger partial charge in [0.05, 0.1) is 18.1 Å². The highest BCUT2D eigenvalue weighted by Gasteiger charge is 2.23. The third-order valence-corrected chi connectivity index (χ3v) is 2.99. The summed E-state index contributed by atoms with van der Waals surface area (Å²) in [5.74, 6) is -0.381. The van der Waals surface area contributed by atoms with Gasteiger partial charge in [-0.3, -0.25) is 14.4 Å². The highest BCUT2D eigenvalue weighted by molar-refractivity contribution is 8.00. The fraction of sp³-hybridized carbons (Fsp3) is 0.667. The standard InChI is InChI=1S/C9H14N2O4S/c1-6(2-9(14)15)10-7(12)3-11-5-16-4-8(11)13/h6H,2-5H2,1H3,(H,10,12)(H,14,15). The van der Waals surface area contributed by atoms with Crippen molar-refractivity contribution >= 4 is 29.5 Å². The van der Waals surface area contributed by atoms with Crippen molar-refractivity contribution in [2.24, 2.45) is 0 Å². The number of carboxylic acid groups (broad SMARTS) is 1. The average molecular weight is 246 g/mol. The molecule has 90 valence electrons. The summed E-state index contributed by atoms with van der Waals surface area (Å²) in [6.45, 7) is 1.63. The first-order valence-corrected chi connectivity index (χ1v) is 6.01. The van der Waals surface area contributed by atoms with Crippen molar-refractivity contribution in [1.82, 2.24) is 10.2 Å². The second-order valence-corrected chi connectivity index (χ2v) is 4.59. The minimum Gasteiger partial charge on any atom is -0.481 e. The van der Waals surface area contributed by atoms with Crippen LogP contribution in [0.1, 0.15) is 13.3 Å². The predicted octanol–water partition coefficient (Wildman–Crippen LogP) is -0.501. The summed E-state index contributed by atoms with van der Waals surface area (Å²) < 4.78 is 0. The van der Waals surface area contributed by atoms with Gasteiger partial charge in [-0.2, -0.15) is 0 Å². The number of nitrogens with one attached hydrogen (secondary N) is 1. The lowest BCUT2D eigenvalue weighted by molar-refractivity contribution is -0.138. The van der Waals surface area contributed by atoms with Crippen molar-refractivity contribution in [2.45, 2.75) is 19.4 Å². The number of carbonyl (C=O) groups excluding carboxylic acids is 2. The summed E-state index contributed by atoms with van der Waals surface area (Å²) in [6, 6.07) is -0.421. The summed E-state index contributed by atoms with van der Waals surface area (Å²) >= 11 is 1.46. The van der Waals surface area contributed by atoms with E-state index in [4.69, 9.17) is 5.11 Å². The van der Waals surface area contributed by atoms with Crippen LogP contribution in [-0.4, -0.2) is 52.0 Å². The molecule has 0 radical (unpaired) electrons. The van der Waals surface area contributed by atoms with E-state index in [1.165, 1.54) is 16.7 Å². The van der Waals surface area contributed by atoms with Gasteiger partial charge in [0, 0.05) is 6.04 Å². The van der Waals surface area contributed by atoms with Crippen LogP contribution >= 0.6 is 11.8 Å². The van der Waals surface area contributed by atoms with Gasteiger partial charge in [-0.1, -0.05) is 0 Å². The van der Waals surface area contributed by atoms with Crippen LogP contribution in [0.2, 0.25) is 0 Å². The third-order valence-electron chi connectivity index (χ3n) is 2.05. The second-order valence-electron chi connectivity index (χ2n) is 3.64. The van der Waals surface area contributed by atoms with E-state index in [-0.39, 0.29) is 24.8 Å². The first-order chi connectivity index (χ1) is 7.49. The topological polar surface area (TPSA) is 86.7 Å². The van der Waals surface area contributed by atoms with Crippen molar-refractivity contribution in [1.29, 1.82) is 0 Å². The Balaban J connectivity index is 2.30. The molecule has 1 fully saturated rings. The molecule has 0 aliphatic carbocycles. The highest BCUT2D eigenvalue weighted by atomic mass is 32.2. The number of thioether (sulfide) groups is 1. The molecule has 1 atom stereocenters. The second kappa shape index (κ2) is 5.74. The lowest BCUT2D eigenvalue weighted by Crippen LogP contribution is -2.42. The molecular weight excluding hydrogens is 232 g/mol. The molecule has 1 aliphatic heterocycles. The molecule has 16 heavy (non-hydrogen) atoms. The molecule has 1 heterocycles. The molecule has 0 spiro atoms. The highest BCUT2D eigenvalue weighted by Crippen LogP contribution is 2.13. The van der Waals surface area contributed by atoms with Crippen LogP contribution in [0, 0.1) is 0 Å². The Bertz CT molecular complexity index is 308. The van der Waals surface area contributed by atoms with Crippen LogP contribution in [0.4, 0.5) is 0 Å². The van der Waals surface area contributed by atoms with E-state index in [0.29, 0.717) is 11.6 Å². The normalized spacial score (nSPS) is 17.3. The quantitative estimate of drug-likeness (QED) is 0.683. The first-order valence-electron chi connectivity index (χ1n) is 4.85. The van der Waals surface area contributed by atoms with Gasteiger partial charge in [-0.05, 0) is 6.92 Å². The molecule has 0 aromatic carbocycles. The molecule has 1 unspecified atom stereocenters. The van der Waals surface area contributed by atoms with E-state index >= 15 is 0 Å². The van der Waals surface area contributed by atoms with Crippen LogP contribution in [-0.2, 0) is 14.4 Å². The third kappa shape index (κ3) is 4.09. The van der Waals surface area contributed by atoms with Gasteiger partial charge in [-0.25, -0.2) is 0 Å². The van der Waals surface area contributed by atoms with E-state index < -0.39 is 12.0 Å². The SMILES string of the molecule is CC(CC(=O)O)NC(=O)CN1CSCC1=O. The molecule has 1 rings (SSSR count). The van der Waals surface area contributed by atoms with Crippen molar-refractivity contribution in [3.63, 3.8) is 0 Å². The van der Waals surface area contributed by atoms with Crippen molar-refractivity contribution in [3.05, 3.63) is 0 Å². The zero-order chi connectivity index (χ0) is 12.1. The first kappa shape index (κ1) is 12.8. The van der Waals surface area contributed by atoms with E-state index in [0.717, 1.165) is 0 Å². The maximum absolute atomic E-state index is 11.4. The number of nitrogens with zero attached hydrogens (tertiary/aromatic N) is 1. The molecule has 0 saturated carbocycles. The van der Waals surface area contributed by atoms with Crippen molar-refractivity contribution in [3.8, 4) is 0 Å². The molecule has 0 aromatic rings. The van der Waals surface area contributed by atoms with E-state index in [9.17, 15) is 14.4 Å². The molecule has 1 saturated heterocycles. The average Bonchev–Trinajstić information content (AvgIpc) is 2.49. The number of hydrogen-bond acceptors (Lipinski definition) is 4. The molecule has 2 amide bonds. The summed E-state index contributed by atoms with van der Waals surface area (Å²) in [5.41, 5.74) is 0. The molecule has 1 aliphatic rings. The monoisotopic (exact) mass is 246 g/mol. The zero-order valence-corrected chi connectivity index (χ0v) is 9.75. The van der Waals surface area contributed by atoms with Crippen LogP contribution in [0.5, 0.6) is 0 Å². The van der Waals surface area contributed by atoms with Crippen LogP contribution in [0.15, 0.2) is 0 Å². The van der Waals surface area contributed by atoms with Gasteiger partial charge in [0.1, 0.15) is 6.54 Å². The summed E-state index contributed by atoms with van der Waals surface area (Å²) in [6.07, 6.45) is -0.117. The maximum atomic E-state index is 11.4. The Morgan fingerprint density at radius 1 is 1.62 bits per heavy atom. The number of aliphatic carboxylic acids is 1. The zero-order valence-electron chi connectivity index (χ0n) is 8.93. The Hall–Kier alpha value is -1.24. The molecule has 2 N–H and O–H groups in total. The fourth-order valence-electron chi connectivity index (χ4n) is 1.35. The lowest BCUT2D eigenvalue weighted by atomic mass is 10.2. The minimum atomic E-state index is -0.958. The van der Waals surface area contributed by atoms with Crippen molar-refractivity contribution in [2.75, 3.05) is 18.2 Å². The van der Waals surface area contributed by atoms with E-state index in [1.807, 2.05) is 0 Å². The number of carbonyl (C=O) groups is 3. The van der Waals surface area contributed by atoms with Crippen LogP contribution < -0.4 is 5.32 Å². The van der Waals surface area contributed by atoms with Gasteiger partial charge < -0.3 is 15.3 Å². The summed E-state index contributed by atoms with van der Waals surface area (Å²) in [5, 5.41) is 11.0. The Kier molecular flexibility index (Phi) is 4.60. The van der Waals surface area contributed by atoms with Crippen LogP contribution in [0.25, 0.3) is 0 Å². The molecular formula is C9H14N2O4S. The number of carboxylic acids is 1. The van der Waals surface area contributed by atoms with Gasteiger partial charge >= 0.3 is 5.97 Å². The Morgan fingerprint density at radius 2 is 2.31 bits per heavy atom. The smallest absolute Gasteiger partial charge is 0.305 e. The summed E-state index contributed by atoms with van der Waals surface area (Å²) in [4.78, 5) is 34.5. The van der Waals surface area contributed by atoms with Gasteiger partial charge in [0.2, 0.25) is 11.8 Å². The van der Waals surface area contributed by atoms with E-state index in [1.54, 1.807) is 6.92 Å². The summed E-state index contributed by atoms with van der Waals surface area (Å²) in [7, 11) is 0. The molecule has 7 heteroatoms. The number of rotatable bonds is 5. The van der Waals surface area contributed by atoms with Gasteiger partial charge in [0.25, 0.3) is 0 Å². The largest absolute Gasteiger partial charge is 0.481 e. The Labute approximate surface area is 97.4 Å². The molecule has 6 nitrogen and oxygen atoms in total. The van der Waals surface area contributed by atoms with Gasteiger partial charge in [0.15, 0.2) is 0 Å². The lowest BCUT2D eigenvalue weighted by Gasteiger charge is -2.16. The molecule has 0 aromatic heterocycles. The van der Waals surface area contributed by atoms with E-state index in [2.05, 4.69) is 5.32 Å². The van der Waals surface area contributed by atoms with Gasteiger partial charge in [-0.15, -0.1) is 11.8 Å². The fourth-order valence-corrected chi connectivity index (χ4v) is 2.25. The van der Waals surface area contributed by atoms with Crippen molar-refractivity contribution < 1.29 is 19.5 Å². The molecule has 0 bridgehead atoms.